The van der Waals surface area contributed by atoms with Crippen molar-refractivity contribution in [2.75, 3.05) is 0 Å². The molecule has 0 amide bonds. The van der Waals surface area contributed by atoms with E-state index in [1.807, 2.05) is 17.1 Å². The highest BCUT2D eigenvalue weighted by Gasteiger charge is 2.08. The Morgan fingerprint density at radius 2 is 2.10 bits per heavy atom. The normalized spacial score (nSPS) is 12.8. The van der Waals surface area contributed by atoms with Crippen molar-refractivity contribution in [1.29, 1.82) is 0 Å². The molecule has 1 N–H and O–H groups in total. The van der Waals surface area contributed by atoms with Gasteiger partial charge < -0.3 is 5.32 Å². The fraction of sp³-hybridized carbons (Fsp3) is 0.600. The van der Waals surface area contributed by atoms with Crippen molar-refractivity contribution in [3.63, 3.8) is 0 Å². The topological polar surface area (TPSA) is 47.7 Å². The molecule has 5 nitrogen and oxygen atoms in total. The van der Waals surface area contributed by atoms with E-state index in [4.69, 9.17) is 0 Å². The molecule has 2 aromatic rings. The minimum Gasteiger partial charge on any atom is -0.305 e. The van der Waals surface area contributed by atoms with Crippen molar-refractivity contribution < 1.29 is 0 Å². The number of rotatable bonds is 8. The van der Waals surface area contributed by atoms with Crippen molar-refractivity contribution in [2.24, 2.45) is 0 Å². The molecule has 0 spiro atoms. The number of nitrogens with zero attached hydrogens (tertiary/aromatic N) is 4. The Labute approximate surface area is 121 Å². The van der Waals surface area contributed by atoms with Gasteiger partial charge in [0.05, 0.1) is 11.4 Å². The van der Waals surface area contributed by atoms with Gasteiger partial charge in [-0.1, -0.05) is 13.8 Å². The van der Waals surface area contributed by atoms with E-state index in [-0.39, 0.29) is 0 Å². The maximum atomic E-state index is 4.52. The predicted molar refractivity (Wildman–Crippen MR) is 80.3 cm³/mol. The van der Waals surface area contributed by atoms with Crippen LogP contribution < -0.4 is 5.32 Å². The third-order valence-electron chi connectivity index (χ3n) is 3.52. The lowest BCUT2D eigenvalue weighted by atomic mass is 10.2. The Bertz CT molecular complexity index is 514. The molecule has 0 saturated carbocycles. The average molecular weight is 275 g/mol. The monoisotopic (exact) mass is 275 g/mol. The highest BCUT2D eigenvalue weighted by atomic mass is 15.3. The molecule has 0 aliphatic heterocycles. The minimum absolute atomic E-state index is 0.450. The number of hydrogen-bond donors (Lipinski definition) is 1. The summed E-state index contributed by atoms with van der Waals surface area (Å²) in [4.78, 5) is 0. The smallest absolute Gasteiger partial charge is 0.0762 e. The van der Waals surface area contributed by atoms with E-state index in [2.05, 4.69) is 53.1 Å². The summed E-state index contributed by atoms with van der Waals surface area (Å²) in [5.74, 6) is 0. The standard InChI is InChI=1S/C15H25N5/c1-4-9-19-10-7-14(18-19)11-16-12-15-6-8-17-20(15)13(3)5-2/h6-8,10,13,16H,4-5,9,11-12H2,1-3H3/t13-/m1/s1. The molecule has 20 heavy (non-hydrogen) atoms. The van der Waals surface area contributed by atoms with Crippen LogP contribution in [0, 0.1) is 0 Å². The molecule has 2 rings (SSSR count). The summed E-state index contributed by atoms with van der Waals surface area (Å²) >= 11 is 0. The van der Waals surface area contributed by atoms with Gasteiger partial charge in [-0.25, -0.2) is 0 Å². The first-order valence-corrected chi connectivity index (χ1v) is 7.50. The quantitative estimate of drug-likeness (QED) is 0.806. The number of nitrogens with one attached hydrogen (secondary N) is 1. The summed E-state index contributed by atoms with van der Waals surface area (Å²) in [6.45, 7) is 9.15. The highest BCUT2D eigenvalue weighted by molar-refractivity contribution is 5.03. The minimum atomic E-state index is 0.450. The van der Waals surface area contributed by atoms with E-state index in [1.54, 1.807) is 0 Å². The van der Waals surface area contributed by atoms with E-state index < -0.39 is 0 Å². The van der Waals surface area contributed by atoms with E-state index in [9.17, 15) is 0 Å². The molecule has 2 aromatic heterocycles. The Morgan fingerprint density at radius 1 is 1.25 bits per heavy atom. The zero-order valence-electron chi connectivity index (χ0n) is 12.7. The molecule has 0 bridgehead atoms. The van der Waals surface area contributed by atoms with Gasteiger partial charge in [-0.15, -0.1) is 0 Å². The second-order valence-electron chi connectivity index (χ2n) is 5.20. The molecule has 0 radical (unpaired) electrons. The van der Waals surface area contributed by atoms with Crippen LogP contribution in [0.25, 0.3) is 0 Å². The molecule has 0 saturated heterocycles. The Morgan fingerprint density at radius 3 is 2.85 bits per heavy atom. The Kier molecular flexibility index (Phi) is 5.35. The van der Waals surface area contributed by atoms with E-state index >= 15 is 0 Å². The van der Waals surface area contributed by atoms with Gasteiger partial charge in [-0.2, -0.15) is 10.2 Å². The second kappa shape index (κ2) is 7.24. The van der Waals surface area contributed by atoms with Gasteiger partial charge in [-0.3, -0.25) is 9.36 Å². The van der Waals surface area contributed by atoms with Crippen LogP contribution in [0.4, 0.5) is 0 Å². The fourth-order valence-electron chi connectivity index (χ4n) is 2.22. The van der Waals surface area contributed by atoms with Gasteiger partial charge in [0.15, 0.2) is 0 Å². The van der Waals surface area contributed by atoms with Crippen LogP contribution in [0.15, 0.2) is 24.5 Å². The summed E-state index contributed by atoms with van der Waals surface area (Å²) in [6, 6.07) is 4.61. The summed E-state index contributed by atoms with van der Waals surface area (Å²) in [5.41, 5.74) is 2.32. The number of hydrogen-bond acceptors (Lipinski definition) is 3. The van der Waals surface area contributed by atoms with Crippen molar-refractivity contribution in [3.8, 4) is 0 Å². The van der Waals surface area contributed by atoms with E-state index in [0.29, 0.717) is 6.04 Å². The van der Waals surface area contributed by atoms with Crippen molar-refractivity contribution in [3.05, 3.63) is 35.9 Å². The Balaban J connectivity index is 1.84. The van der Waals surface area contributed by atoms with Crippen LogP contribution >= 0.6 is 0 Å². The molecule has 0 fully saturated rings. The summed E-state index contributed by atoms with van der Waals surface area (Å²) in [6.07, 6.45) is 6.13. The van der Waals surface area contributed by atoms with E-state index in [1.165, 1.54) is 5.69 Å². The summed E-state index contributed by atoms with van der Waals surface area (Å²) in [5, 5.41) is 12.4. The first-order chi connectivity index (χ1) is 9.74. The van der Waals surface area contributed by atoms with Crippen LogP contribution in [-0.2, 0) is 19.6 Å². The van der Waals surface area contributed by atoms with Gasteiger partial charge >= 0.3 is 0 Å². The SMILES string of the molecule is CCCn1ccc(CNCc2ccnn2[C@H](C)CC)n1. The largest absolute Gasteiger partial charge is 0.305 e. The van der Waals surface area contributed by atoms with Gasteiger partial charge in [-0.05, 0) is 31.9 Å². The summed E-state index contributed by atoms with van der Waals surface area (Å²) < 4.78 is 4.10. The van der Waals surface area contributed by atoms with Gasteiger partial charge in [0, 0.05) is 38.1 Å². The zero-order valence-corrected chi connectivity index (χ0v) is 12.7. The predicted octanol–water partition coefficient (Wildman–Crippen LogP) is 2.75. The van der Waals surface area contributed by atoms with Crippen LogP contribution in [0.1, 0.15) is 51.0 Å². The summed E-state index contributed by atoms with van der Waals surface area (Å²) in [7, 11) is 0. The van der Waals surface area contributed by atoms with Gasteiger partial charge in [0.2, 0.25) is 0 Å². The maximum Gasteiger partial charge on any atom is 0.0762 e. The lowest BCUT2D eigenvalue weighted by Gasteiger charge is -2.13. The second-order valence-corrected chi connectivity index (χ2v) is 5.20. The molecule has 0 unspecified atom stereocenters. The van der Waals surface area contributed by atoms with Crippen LogP contribution in [-0.4, -0.2) is 19.6 Å². The van der Waals surface area contributed by atoms with E-state index in [0.717, 1.165) is 38.2 Å². The van der Waals surface area contributed by atoms with Crippen LogP contribution in [0.3, 0.4) is 0 Å². The number of aromatic nitrogens is 4. The molecule has 0 aliphatic rings. The molecule has 2 heterocycles. The molecule has 0 aromatic carbocycles. The van der Waals surface area contributed by atoms with Gasteiger partial charge in [0.1, 0.15) is 0 Å². The lowest BCUT2D eigenvalue weighted by molar-refractivity contribution is 0.451. The highest BCUT2D eigenvalue weighted by Crippen LogP contribution is 2.12. The molecule has 0 aliphatic carbocycles. The fourth-order valence-corrected chi connectivity index (χ4v) is 2.22. The molecule has 5 heteroatoms. The molecule has 1 atom stereocenters. The number of aryl methyl sites for hydroxylation is 1. The van der Waals surface area contributed by atoms with Crippen LogP contribution in [0.5, 0.6) is 0 Å². The first-order valence-electron chi connectivity index (χ1n) is 7.50. The molecular weight excluding hydrogens is 250 g/mol. The zero-order chi connectivity index (χ0) is 14.4. The Hall–Kier alpha value is -1.62. The third kappa shape index (κ3) is 3.70. The average Bonchev–Trinajstić information content (AvgIpc) is 3.08. The van der Waals surface area contributed by atoms with Crippen molar-refractivity contribution in [1.82, 2.24) is 24.9 Å². The maximum absolute atomic E-state index is 4.52. The third-order valence-corrected chi connectivity index (χ3v) is 3.52. The lowest BCUT2D eigenvalue weighted by Crippen LogP contribution is -2.18. The van der Waals surface area contributed by atoms with Crippen molar-refractivity contribution in [2.45, 2.75) is 59.3 Å². The van der Waals surface area contributed by atoms with Crippen molar-refractivity contribution >= 4 is 0 Å². The van der Waals surface area contributed by atoms with Crippen LogP contribution in [0.2, 0.25) is 0 Å². The molecule has 110 valence electrons. The van der Waals surface area contributed by atoms with Gasteiger partial charge in [0.25, 0.3) is 0 Å². The first kappa shape index (κ1) is 14.8. The molecular formula is C15H25N5.